The van der Waals surface area contributed by atoms with Gasteiger partial charge in [0.2, 0.25) is 0 Å². The van der Waals surface area contributed by atoms with Crippen LogP contribution in [0.2, 0.25) is 5.02 Å². The first kappa shape index (κ1) is 18.1. The largest absolute Gasteiger partial charge is 0.360 e. The highest BCUT2D eigenvalue weighted by Gasteiger charge is 2.30. The van der Waals surface area contributed by atoms with E-state index in [4.69, 9.17) is 11.6 Å². The summed E-state index contributed by atoms with van der Waals surface area (Å²) < 4.78 is 0. The van der Waals surface area contributed by atoms with Crippen LogP contribution in [-0.4, -0.2) is 26.2 Å². The highest BCUT2D eigenvalue weighted by molar-refractivity contribution is 6.30. The zero-order valence-electron chi connectivity index (χ0n) is 15.7. The number of aryl methyl sites for hydroxylation is 1. The van der Waals surface area contributed by atoms with E-state index in [2.05, 4.69) is 84.6 Å². The molecule has 138 valence electrons. The van der Waals surface area contributed by atoms with Gasteiger partial charge in [-0.25, -0.2) is 0 Å². The SMILES string of the molecule is Cc1ccc(Cl)cc1N1CC[NH+](C(c2ccccc2)c2ccccc2)CC1. The summed E-state index contributed by atoms with van der Waals surface area (Å²) in [6.07, 6.45) is 0. The summed E-state index contributed by atoms with van der Waals surface area (Å²) in [6.45, 7) is 6.49. The van der Waals surface area contributed by atoms with Crippen molar-refractivity contribution >= 4 is 17.3 Å². The Labute approximate surface area is 167 Å². The summed E-state index contributed by atoms with van der Waals surface area (Å²) in [5.74, 6) is 0. The number of halogens is 1. The molecule has 3 aromatic carbocycles. The molecule has 3 aromatic rings. The lowest BCUT2D eigenvalue weighted by molar-refractivity contribution is -0.926. The van der Waals surface area contributed by atoms with E-state index in [1.165, 1.54) is 22.4 Å². The fourth-order valence-corrected chi connectivity index (χ4v) is 4.37. The molecule has 4 rings (SSSR count). The van der Waals surface area contributed by atoms with Gasteiger partial charge in [0.15, 0.2) is 0 Å². The Bertz CT molecular complexity index is 832. The van der Waals surface area contributed by atoms with Gasteiger partial charge >= 0.3 is 0 Å². The van der Waals surface area contributed by atoms with E-state index in [0.29, 0.717) is 6.04 Å². The zero-order valence-corrected chi connectivity index (χ0v) is 16.5. The predicted molar refractivity (Wildman–Crippen MR) is 114 cm³/mol. The topological polar surface area (TPSA) is 7.68 Å². The summed E-state index contributed by atoms with van der Waals surface area (Å²) in [5, 5.41) is 0.817. The van der Waals surface area contributed by atoms with E-state index in [-0.39, 0.29) is 0 Å². The monoisotopic (exact) mass is 377 g/mol. The molecule has 1 N–H and O–H groups in total. The molecule has 1 aliphatic heterocycles. The molecule has 0 unspecified atom stereocenters. The van der Waals surface area contributed by atoms with Gasteiger partial charge in [0.05, 0.1) is 26.2 Å². The molecule has 1 heterocycles. The Hall–Kier alpha value is -2.29. The first-order valence-corrected chi connectivity index (χ1v) is 10.1. The molecule has 2 nitrogen and oxygen atoms in total. The molecule has 1 fully saturated rings. The third kappa shape index (κ3) is 4.02. The number of quaternary nitrogens is 1. The molecular formula is C24H26ClN2+. The molecule has 0 aliphatic carbocycles. The van der Waals surface area contributed by atoms with Crippen molar-refractivity contribution in [2.75, 3.05) is 31.1 Å². The van der Waals surface area contributed by atoms with E-state index >= 15 is 0 Å². The van der Waals surface area contributed by atoms with Crippen molar-refractivity contribution in [3.05, 3.63) is 101 Å². The minimum absolute atomic E-state index is 0.384. The van der Waals surface area contributed by atoms with E-state index in [1.807, 2.05) is 6.07 Å². The highest BCUT2D eigenvalue weighted by atomic mass is 35.5. The maximum atomic E-state index is 6.24. The van der Waals surface area contributed by atoms with Crippen molar-refractivity contribution in [2.45, 2.75) is 13.0 Å². The second-order valence-corrected chi connectivity index (χ2v) is 7.77. The normalized spacial score (nSPS) is 15.3. The first-order valence-electron chi connectivity index (χ1n) is 9.68. The van der Waals surface area contributed by atoms with Crippen molar-refractivity contribution < 1.29 is 4.90 Å². The van der Waals surface area contributed by atoms with Crippen LogP contribution < -0.4 is 9.80 Å². The average Bonchev–Trinajstić information content (AvgIpc) is 2.72. The number of nitrogens with zero attached hydrogens (tertiary/aromatic N) is 1. The Morgan fingerprint density at radius 1 is 0.815 bits per heavy atom. The minimum atomic E-state index is 0.384. The first-order chi connectivity index (χ1) is 13.2. The van der Waals surface area contributed by atoms with Crippen LogP contribution in [0.5, 0.6) is 0 Å². The smallest absolute Gasteiger partial charge is 0.139 e. The van der Waals surface area contributed by atoms with Crippen LogP contribution in [0.3, 0.4) is 0 Å². The lowest BCUT2D eigenvalue weighted by atomic mass is 9.96. The van der Waals surface area contributed by atoms with Crippen LogP contribution in [0.4, 0.5) is 5.69 Å². The molecule has 0 radical (unpaired) electrons. The van der Waals surface area contributed by atoms with Gasteiger partial charge in [-0.05, 0) is 24.6 Å². The standard InChI is InChI=1S/C24H25ClN2/c1-19-12-13-22(25)18-23(19)26-14-16-27(17-15-26)24(20-8-4-2-5-9-20)21-10-6-3-7-11-21/h2-13,18,24H,14-17H2,1H3/p+1. The third-order valence-corrected chi connectivity index (χ3v) is 5.83. The summed E-state index contributed by atoms with van der Waals surface area (Å²) in [6, 6.07) is 28.4. The van der Waals surface area contributed by atoms with Gasteiger partial charge in [-0.1, -0.05) is 78.3 Å². The zero-order chi connectivity index (χ0) is 18.6. The number of nitrogens with one attached hydrogen (secondary N) is 1. The van der Waals surface area contributed by atoms with E-state index in [9.17, 15) is 0 Å². The molecule has 0 bridgehead atoms. The predicted octanol–water partition coefficient (Wildman–Crippen LogP) is 4.14. The Morgan fingerprint density at radius 2 is 1.37 bits per heavy atom. The minimum Gasteiger partial charge on any atom is -0.360 e. The molecule has 0 amide bonds. The van der Waals surface area contributed by atoms with Gasteiger partial charge in [0.25, 0.3) is 0 Å². The van der Waals surface area contributed by atoms with Gasteiger partial charge < -0.3 is 9.80 Å². The maximum Gasteiger partial charge on any atom is 0.139 e. The summed E-state index contributed by atoms with van der Waals surface area (Å²) in [7, 11) is 0. The lowest BCUT2D eigenvalue weighted by Gasteiger charge is -2.38. The van der Waals surface area contributed by atoms with Gasteiger partial charge in [-0.15, -0.1) is 0 Å². The number of hydrogen-bond acceptors (Lipinski definition) is 1. The quantitative estimate of drug-likeness (QED) is 0.717. The van der Waals surface area contributed by atoms with Crippen molar-refractivity contribution in [1.82, 2.24) is 0 Å². The molecule has 1 aliphatic rings. The Morgan fingerprint density at radius 3 is 1.93 bits per heavy atom. The van der Waals surface area contributed by atoms with Crippen LogP contribution in [0.25, 0.3) is 0 Å². The molecule has 1 saturated heterocycles. The van der Waals surface area contributed by atoms with Gasteiger partial charge in [0.1, 0.15) is 6.04 Å². The van der Waals surface area contributed by atoms with Gasteiger partial charge in [-0.2, -0.15) is 0 Å². The number of benzene rings is 3. The fraction of sp³-hybridized carbons (Fsp3) is 0.250. The molecule has 0 atom stereocenters. The van der Waals surface area contributed by atoms with E-state index < -0.39 is 0 Å². The van der Waals surface area contributed by atoms with Crippen LogP contribution in [0.1, 0.15) is 22.7 Å². The summed E-state index contributed by atoms with van der Waals surface area (Å²) in [4.78, 5) is 4.11. The number of anilines is 1. The number of piperazine rings is 1. The lowest BCUT2D eigenvalue weighted by Crippen LogP contribution is -3.15. The second-order valence-electron chi connectivity index (χ2n) is 7.33. The van der Waals surface area contributed by atoms with E-state index in [1.54, 1.807) is 4.90 Å². The van der Waals surface area contributed by atoms with Crippen molar-refractivity contribution in [3.63, 3.8) is 0 Å². The van der Waals surface area contributed by atoms with Crippen molar-refractivity contribution in [3.8, 4) is 0 Å². The number of hydrogen-bond donors (Lipinski definition) is 1. The summed E-state index contributed by atoms with van der Waals surface area (Å²) >= 11 is 6.24. The Kier molecular flexibility index (Phi) is 5.47. The molecule has 0 spiro atoms. The van der Waals surface area contributed by atoms with Crippen LogP contribution in [0, 0.1) is 6.92 Å². The van der Waals surface area contributed by atoms with Crippen molar-refractivity contribution in [1.29, 1.82) is 0 Å². The molecule has 0 saturated carbocycles. The number of rotatable bonds is 4. The van der Waals surface area contributed by atoms with Gasteiger partial charge in [0, 0.05) is 21.8 Å². The molecule has 3 heteroatoms. The van der Waals surface area contributed by atoms with Crippen LogP contribution >= 0.6 is 11.6 Å². The maximum absolute atomic E-state index is 6.24. The molecular weight excluding hydrogens is 352 g/mol. The second kappa shape index (κ2) is 8.16. The molecule has 27 heavy (non-hydrogen) atoms. The van der Waals surface area contributed by atoms with Crippen molar-refractivity contribution in [2.24, 2.45) is 0 Å². The third-order valence-electron chi connectivity index (χ3n) is 5.59. The van der Waals surface area contributed by atoms with Crippen LogP contribution in [-0.2, 0) is 0 Å². The summed E-state index contributed by atoms with van der Waals surface area (Å²) in [5.41, 5.74) is 5.36. The molecule has 0 aromatic heterocycles. The Balaban J connectivity index is 1.56. The van der Waals surface area contributed by atoms with Crippen LogP contribution in [0.15, 0.2) is 78.9 Å². The van der Waals surface area contributed by atoms with E-state index in [0.717, 1.165) is 31.2 Å². The van der Waals surface area contributed by atoms with Gasteiger partial charge in [-0.3, -0.25) is 0 Å². The highest BCUT2D eigenvalue weighted by Crippen LogP contribution is 2.25. The fourth-order valence-electron chi connectivity index (χ4n) is 4.20. The average molecular weight is 378 g/mol.